The second-order valence-electron chi connectivity index (χ2n) is 8.60. The van der Waals surface area contributed by atoms with Crippen LogP contribution in [0, 0.1) is 5.41 Å². The highest BCUT2D eigenvalue weighted by Gasteiger charge is 2.47. The number of pyridine rings is 1. The van der Waals surface area contributed by atoms with Crippen molar-refractivity contribution in [2.75, 3.05) is 26.5 Å². The van der Waals surface area contributed by atoms with Gasteiger partial charge in [-0.3, -0.25) is 4.79 Å². The van der Waals surface area contributed by atoms with Crippen LogP contribution >= 0.6 is 0 Å². The number of nitrogens with one attached hydrogen (secondary N) is 2. The fourth-order valence-corrected chi connectivity index (χ4v) is 4.55. The van der Waals surface area contributed by atoms with Crippen LogP contribution in [0.15, 0.2) is 36.9 Å². The lowest BCUT2D eigenvalue weighted by Crippen LogP contribution is -2.52. The molecule has 1 aliphatic rings. The van der Waals surface area contributed by atoms with Crippen LogP contribution in [0.3, 0.4) is 0 Å². The van der Waals surface area contributed by atoms with Gasteiger partial charge in [-0.2, -0.15) is 9.97 Å². The number of carbonyl (C=O) groups excluding carboxylic acids is 1. The lowest BCUT2D eigenvalue weighted by molar-refractivity contribution is -0.143. The third-order valence-corrected chi connectivity index (χ3v) is 6.04. The van der Waals surface area contributed by atoms with Gasteiger partial charge in [0.05, 0.1) is 17.9 Å². The Kier molecular flexibility index (Phi) is 4.35. The van der Waals surface area contributed by atoms with Gasteiger partial charge in [-0.15, -0.1) is 0 Å². The van der Waals surface area contributed by atoms with Crippen LogP contribution in [0.5, 0.6) is 5.88 Å². The largest absolute Gasteiger partial charge is 0.480 e. The summed E-state index contributed by atoms with van der Waals surface area (Å²) in [5, 5.41) is 4.19. The summed E-state index contributed by atoms with van der Waals surface area (Å²) in [5.74, 6) is 1.15. The maximum Gasteiger partial charge on any atom is 0.228 e. The highest BCUT2D eigenvalue weighted by atomic mass is 16.5. The zero-order valence-corrected chi connectivity index (χ0v) is 18.0. The Labute approximate surface area is 179 Å². The van der Waals surface area contributed by atoms with E-state index in [0.717, 1.165) is 35.0 Å². The van der Waals surface area contributed by atoms with Crippen molar-refractivity contribution in [3.63, 3.8) is 0 Å². The first-order valence-corrected chi connectivity index (χ1v) is 10.2. The zero-order valence-electron chi connectivity index (χ0n) is 18.0. The number of ether oxygens (including phenoxy) is 1. The molecule has 0 bridgehead atoms. The Morgan fingerprint density at radius 2 is 2.13 bits per heavy atom. The van der Waals surface area contributed by atoms with Crippen molar-refractivity contribution in [1.82, 2.24) is 29.2 Å². The molecule has 2 N–H and O–H groups in total. The average molecular weight is 419 g/mol. The van der Waals surface area contributed by atoms with Gasteiger partial charge >= 0.3 is 0 Å². The molecule has 9 nitrogen and oxygen atoms in total. The van der Waals surface area contributed by atoms with Crippen LogP contribution in [0.4, 0.5) is 5.95 Å². The van der Waals surface area contributed by atoms with Crippen LogP contribution < -0.4 is 10.1 Å². The molecule has 0 atom stereocenters. The fraction of sp³-hybridized carbons (Fsp3) is 0.364. The summed E-state index contributed by atoms with van der Waals surface area (Å²) in [6.07, 6.45) is 9.11. The highest BCUT2D eigenvalue weighted by molar-refractivity contribution is 5.97. The molecule has 1 aliphatic carbocycles. The van der Waals surface area contributed by atoms with Crippen molar-refractivity contribution in [2.24, 2.45) is 5.41 Å². The molecule has 9 heteroatoms. The predicted molar refractivity (Wildman–Crippen MR) is 118 cm³/mol. The molecule has 0 aliphatic heterocycles. The summed E-state index contributed by atoms with van der Waals surface area (Å²) < 4.78 is 7.59. The summed E-state index contributed by atoms with van der Waals surface area (Å²) >= 11 is 0. The first-order chi connectivity index (χ1) is 14.9. The number of hydrogen-bond acceptors (Lipinski definition) is 6. The molecule has 0 radical (unpaired) electrons. The first-order valence-electron chi connectivity index (χ1n) is 10.2. The molecule has 5 rings (SSSR count). The molecular weight excluding hydrogens is 394 g/mol. The number of carbonyl (C=O) groups is 1. The molecule has 0 unspecified atom stereocenters. The Bertz CT molecular complexity index is 1280. The first kappa shape index (κ1) is 19.3. The fourth-order valence-electron chi connectivity index (χ4n) is 4.55. The second kappa shape index (κ2) is 6.97. The Balaban J connectivity index is 1.43. The van der Waals surface area contributed by atoms with Gasteiger partial charge in [-0.25, -0.2) is 4.98 Å². The van der Waals surface area contributed by atoms with Crippen molar-refractivity contribution in [3.05, 3.63) is 36.9 Å². The van der Waals surface area contributed by atoms with Gasteiger partial charge in [0.25, 0.3) is 0 Å². The van der Waals surface area contributed by atoms with Crippen molar-refractivity contribution >= 4 is 28.5 Å². The minimum Gasteiger partial charge on any atom is -0.480 e. The molecule has 0 saturated heterocycles. The number of H-pyrrole nitrogens is 1. The van der Waals surface area contributed by atoms with Crippen molar-refractivity contribution in [3.8, 4) is 17.0 Å². The van der Waals surface area contributed by atoms with E-state index in [0.29, 0.717) is 17.5 Å². The van der Waals surface area contributed by atoms with Gasteiger partial charge in [0.15, 0.2) is 0 Å². The van der Waals surface area contributed by atoms with Crippen molar-refractivity contribution in [2.45, 2.75) is 25.8 Å². The third-order valence-electron chi connectivity index (χ3n) is 6.04. The van der Waals surface area contributed by atoms with E-state index in [-0.39, 0.29) is 17.4 Å². The molecular formula is C22H25N7O2. The number of hydrogen-bond donors (Lipinski definition) is 2. The van der Waals surface area contributed by atoms with Gasteiger partial charge < -0.3 is 24.3 Å². The number of imidazole rings is 1. The van der Waals surface area contributed by atoms with E-state index in [9.17, 15) is 4.79 Å². The molecule has 4 heterocycles. The monoisotopic (exact) mass is 419 g/mol. The van der Waals surface area contributed by atoms with Gasteiger partial charge in [-0.1, -0.05) is 6.92 Å². The molecule has 160 valence electrons. The summed E-state index contributed by atoms with van der Waals surface area (Å²) in [6.45, 7) is 2.01. The number of anilines is 1. The minimum atomic E-state index is -0.332. The smallest absolute Gasteiger partial charge is 0.228 e. The van der Waals surface area contributed by atoms with Gasteiger partial charge in [0.2, 0.25) is 17.7 Å². The number of methoxy groups -OCH3 is 1. The lowest BCUT2D eigenvalue weighted by atomic mass is 9.66. The maximum absolute atomic E-state index is 12.4. The molecule has 1 saturated carbocycles. The molecule has 1 fully saturated rings. The van der Waals surface area contributed by atoms with E-state index >= 15 is 0 Å². The Hall–Kier alpha value is -3.62. The van der Waals surface area contributed by atoms with Crippen LogP contribution in [-0.2, 0) is 4.79 Å². The molecule has 0 aromatic carbocycles. The Morgan fingerprint density at radius 3 is 2.87 bits per heavy atom. The minimum absolute atomic E-state index is 0.147. The van der Waals surface area contributed by atoms with Gasteiger partial charge in [0.1, 0.15) is 11.3 Å². The van der Waals surface area contributed by atoms with Crippen molar-refractivity contribution in [1.29, 1.82) is 0 Å². The quantitative estimate of drug-likeness (QED) is 0.516. The standard InChI is InChI=1S/C22H25N7O2/c1-22(20(30)28(2)3)9-14(10-22)25-21-26-18-17(19(27-21)31-4)15(11-24-18)13-5-6-16-23-7-8-29(16)12-13/h5-8,11-12,14H,9-10H2,1-4H3,(H2,24,25,26,27)/t14-,22-. The average Bonchev–Trinajstić information content (AvgIpc) is 3.37. The SMILES string of the molecule is COc1nc(N[C@H]2C[C@](C)(C(=O)N(C)C)C2)nc2[nH]cc(-c3ccc4nccn4c3)c12. The van der Waals surface area contributed by atoms with Crippen LogP contribution in [-0.4, -0.2) is 62.4 Å². The van der Waals surface area contributed by atoms with Crippen molar-refractivity contribution < 1.29 is 9.53 Å². The number of rotatable bonds is 5. The van der Waals surface area contributed by atoms with Crippen LogP contribution in [0.1, 0.15) is 19.8 Å². The summed E-state index contributed by atoms with van der Waals surface area (Å²) in [4.78, 5) is 30.8. The second-order valence-corrected chi connectivity index (χ2v) is 8.60. The molecule has 0 spiro atoms. The van der Waals surface area contributed by atoms with E-state index in [1.807, 2.05) is 42.0 Å². The highest BCUT2D eigenvalue weighted by Crippen LogP contribution is 2.43. The van der Waals surface area contributed by atoms with Crippen LogP contribution in [0.25, 0.3) is 27.8 Å². The van der Waals surface area contributed by atoms with Crippen LogP contribution in [0.2, 0.25) is 0 Å². The molecule has 1 amide bonds. The normalized spacial score (nSPS) is 20.6. The van der Waals surface area contributed by atoms with Gasteiger partial charge in [-0.05, 0) is 25.0 Å². The van der Waals surface area contributed by atoms with E-state index in [2.05, 4.69) is 25.3 Å². The summed E-state index contributed by atoms with van der Waals surface area (Å²) in [5.41, 5.74) is 3.22. The van der Waals surface area contributed by atoms with Gasteiger partial charge in [0, 0.05) is 56.1 Å². The topological polar surface area (TPSA) is 100 Å². The Morgan fingerprint density at radius 1 is 1.32 bits per heavy atom. The lowest BCUT2D eigenvalue weighted by Gasteiger charge is -2.45. The van der Waals surface area contributed by atoms with E-state index in [4.69, 9.17) is 4.74 Å². The number of amides is 1. The maximum atomic E-state index is 12.4. The number of aromatic nitrogens is 5. The molecule has 4 aromatic rings. The van der Waals surface area contributed by atoms with E-state index in [1.54, 1.807) is 32.3 Å². The molecule has 31 heavy (non-hydrogen) atoms. The van der Waals surface area contributed by atoms with E-state index in [1.165, 1.54) is 0 Å². The van der Waals surface area contributed by atoms with E-state index < -0.39 is 0 Å². The third kappa shape index (κ3) is 3.17. The summed E-state index contributed by atoms with van der Waals surface area (Å²) in [6, 6.07) is 4.14. The number of fused-ring (bicyclic) bond motifs is 2. The molecule has 4 aromatic heterocycles. The number of aromatic amines is 1. The predicted octanol–water partition coefficient (Wildman–Crippen LogP) is 2.95. The number of nitrogens with zero attached hydrogens (tertiary/aromatic N) is 5. The zero-order chi connectivity index (χ0) is 21.8. The summed E-state index contributed by atoms with van der Waals surface area (Å²) in [7, 11) is 5.20.